The first-order chi connectivity index (χ1) is 11.9. The minimum atomic E-state index is -2.64. The Kier molecular flexibility index (Phi) is 3.70. The van der Waals surface area contributed by atoms with Gasteiger partial charge in [-0.1, -0.05) is 6.07 Å². The van der Waals surface area contributed by atoms with E-state index in [9.17, 15) is 18.0 Å². The summed E-state index contributed by atoms with van der Waals surface area (Å²) in [6.45, 7) is 0.993. The SMILES string of the molecule is O=C1c2cc(COc3cccc(F)c3)nn2CCN1CC1CC1(F)F. The number of amides is 1. The normalized spacial score (nSPS) is 21.2. The van der Waals surface area contributed by atoms with E-state index < -0.39 is 17.7 Å². The monoisotopic (exact) mass is 351 g/mol. The number of ether oxygens (including phenoxy) is 1. The Morgan fingerprint density at radius 2 is 2.08 bits per heavy atom. The van der Waals surface area contributed by atoms with Crippen LogP contribution in [0.3, 0.4) is 0 Å². The first-order valence-corrected chi connectivity index (χ1v) is 8.04. The average Bonchev–Trinajstić information content (AvgIpc) is 2.98. The molecule has 0 bridgehead atoms. The van der Waals surface area contributed by atoms with Gasteiger partial charge < -0.3 is 9.64 Å². The summed E-state index contributed by atoms with van der Waals surface area (Å²) in [4.78, 5) is 13.9. The van der Waals surface area contributed by atoms with Crippen LogP contribution in [0.15, 0.2) is 30.3 Å². The number of hydrogen-bond acceptors (Lipinski definition) is 3. The fourth-order valence-electron chi connectivity index (χ4n) is 2.98. The van der Waals surface area contributed by atoms with Crippen molar-refractivity contribution in [2.24, 2.45) is 5.92 Å². The van der Waals surface area contributed by atoms with Gasteiger partial charge in [0.05, 0.1) is 6.54 Å². The van der Waals surface area contributed by atoms with Crippen LogP contribution in [-0.4, -0.2) is 39.6 Å². The van der Waals surface area contributed by atoms with Gasteiger partial charge in [0.2, 0.25) is 0 Å². The summed E-state index contributed by atoms with van der Waals surface area (Å²) in [6.07, 6.45) is -0.150. The van der Waals surface area contributed by atoms with Gasteiger partial charge in [-0.3, -0.25) is 9.48 Å². The predicted octanol–water partition coefficient (Wildman–Crippen LogP) is 2.71. The fourth-order valence-corrected chi connectivity index (χ4v) is 2.98. The van der Waals surface area contributed by atoms with E-state index in [0.29, 0.717) is 30.2 Å². The lowest BCUT2D eigenvalue weighted by Gasteiger charge is -2.27. The molecule has 1 unspecified atom stereocenters. The molecule has 1 aromatic heterocycles. The van der Waals surface area contributed by atoms with Crippen molar-refractivity contribution in [3.8, 4) is 5.75 Å². The molecule has 1 amide bonds. The number of nitrogens with zero attached hydrogens (tertiary/aromatic N) is 3. The number of aromatic nitrogens is 2. The van der Waals surface area contributed by atoms with Crippen LogP contribution in [0, 0.1) is 11.7 Å². The molecule has 0 N–H and O–H groups in total. The van der Waals surface area contributed by atoms with Crippen molar-refractivity contribution in [1.82, 2.24) is 14.7 Å². The lowest BCUT2D eigenvalue weighted by atomic mass is 10.2. The number of carbonyl (C=O) groups is 1. The fraction of sp³-hybridized carbons (Fsp3) is 0.412. The lowest BCUT2D eigenvalue weighted by Crippen LogP contribution is -2.41. The Labute approximate surface area is 142 Å². The summed E-state index contributed by atoms with van der Waals surface area (Å²) in [7, 11) is 0. The second-order valence-corrected chi connectivity index (χ2v) is 6.40. The van der Waals surface area contributed by atoms with Crippen LogP contribution in [0.4, 0.5) is 13.2 Å². The average molecular weight is 351 g/mol. The van der Waals surface area contributed by atoms with Crippen LogP contribution in [0.5, 0.6) is 5.75 Å². The second kappa shape index (κ2) is 5.79. The first kappa shape index (κ1) is 16.0. The smallest absolute Gasteiger partial charge is 0.272 e. The number of alkyl halides is 2. The van der Waals surface area contributed by atoms with E-state index in [1.807, 2.05) is 0 Å². The van der Waals surface area contributed by atoms with Gasteiger partial charge in [0.15, 0.2) is 0 Å². The van der Waals surface area contributed by atoms with Gasteiger partial charge in [0.25, 0.3) is 11.8 Å². The van der Waals surface area contributed by atoms with E-state index in [0.717, 1.165) is 0 Å². The van der Waals surface area contributed by atoms with Crippen LogP contribution < -0.4 is 4.74 Å². The van der Waals surface area contributed by atoms with Crippen molar-refractivity contribution in [2.45, 2.75) is 25.5 Å². The van der Waals surface area contributed by atoms with Gasteiger partial charge in [0.1, 0.15) is 29.6 Å². The molecule has 2 heterocycles. The number of hydrogen-bond donors (Lipinski definition) is 0. The maximum Gasteiger partial charge on any atom is 0.272 e. The molecule has 1 atom stereocenters. The molecule has 0 spiro atoms. The molecule has 1 aliphatic carbocycles. The van der Waals surface area contributed by atoms with Crippen LogP contribution in [0.25, 0.3) is 0 Å². The number of halogens is 3. The minimum Gasteiger partial charge on any atom is -0.487 e. The maximum absolute atomic E-state index is 13.1. The number of benzene rings is 1. The molecular formula is C17H16F3N3O2. The summed E-state index contributed by atoms with van der Waals surface area (Å²) >= 11 is 0. The third-order valence-electron chi connectivity index (χ3n) is 4.50. The third-order valence-corrected chi connectivity index (χ3v) is 4.50. The lowest BCUT2D eigenvalue weighted by molar-refractivity contribution is 0.0602. The van der Waals surface area contributed by atoms with Crippen molar-refractivity contribution < 1.29 is 22.7 Å². The molecule has 1 saturated carbocycles. The molecule has 1 aliphatic heterocycles. The maximum atomic E-state index is 13.1. The Morgan fingerprint density at radius 3 is 2.80 bits per heavy atom. The van der Waals surface area contributed by atoms with Crippen LogP contribution in [0.1, 0.15) is 22.6 Å². The third kappa shape index (κ3) is 3.20. The van der Waals surface area contributed by atoms with Gasteiger partial charge in [-0.15, -0.1) is 0 Å². The number of carbonyl (C=O) groups excluding carboxylic acids is 1. The highest BCUT2D eigenvalue weighted by Gasteiger charge is 2.57. The highest BCUT2D eigenvalue weighted by Crippen LogP contribution is 2.49. The van der Waals surface area contributed by atoms with Gasteiger partial charge in [-0.25, -0.2) is 13.2 Å². The van der Waals surface area contributed by atoms with E-state index in [4.69, 9.17) is 4.74 Å². The summed E-state index contributed by atoms with van der Waals surface area (Å²) in [6, 6.07) is 7.34. The molecule has 5 nitrogen and oxygen atoms in total. The van der Waals surface area contributed by atoms with E-state index in [2.05, 4.69) is 5.10 Å². The van der Waals surface area contributed by atoms with E-state index in [-0.39, 0.29) is 25.5 Å². The summed E-state index contributed by atoms with van der Waals surface area (Å²) in [5.41, 5.74) is 0.902. The van der Waals surface area contributed by atoms with Crippen molar-refractivity contribution in [3.05, 3.63) is 47.5 Å². The zero-order valence-electron chi connectivity index (χ0n) is 13.3. The highest BCUT2D eigenvalue weighted by molar-refractivity contribution is 5.93. The van der Waals surface area contributed by atoms with Crippen molar-refractivity contribution in [3.63, 3.8) is 0 Å². The van der Waals surface area contributed by atoms with Gasteiger partial charge in [-0.2, -0.15) is 5.10 Å². The molecule has 1 fully saturated rings. The molecule has 4 rings (SSSR count). The molecule has 132 valence electrons. The summed E-state index contributed by atoms with van der Waals surface area (Å²) in [5, 5.41) is 4.30. The van der Waals surface area contributed by atoms with Crippen LogP contribution in [0.2, 0.25) is 0 Å². The van der Waals surface area contributed by atoms with Crippen LogP contribution in [-0.2, 0) is 13.2 Å². The molecule has 25 heavy (non-hydrogen) atoms. The number of rotatable bonds is 5. The molecule has 1 aromatic carbocycles. The van der Waals surface area contributed by atoms with Crippen molar-refractivity contribution >= 4 is 5.91 Å². The Morgan fingerprint density at radius 1 is 1.28 bits per heavy atom. The van der Waals surface area contributed by atoms with Gasteiger partial charge >= 0.3 is 0 Å². The van der Waals surface area contributed by atoms with E-state index >= 15 is 0 Å². The number of fused-ring (bicyclic) bond motifs is 1. The summed E-state index contributed by atoms with van der Waals surface area (Å²) in [5.74, 6) is -3.69. The van der Waals surface area contributed by atoms with Crippen molar-refractivity contribution in [1.29, 1.82) is 0 Å². The second-order valence-electron chi connectivity index (χ2n) is 6.40. The van der Waals surface area contributed by atoms with Gasteiger partial charge in [0, 0.05) is 31.5 Å². The Hall–Kier alpha value is -2.51. The molecule has 0 saturated heterocycles. The highest BCUT2D eigenvalue weighted by atomic mass is 19.3. The van der Waals surface area contributed by atoms with E-state index in [1.54, 1.807) is 16.8 Å². The first-order valence-electron chi connectivity index (χ1n) is 8.04. The predicted molar refractivity (Wildman–Crippen MR) is 81.9 cm³/mol. The minimum absolute atomic E-state index is 0.0755. The Balaban J connectivity index is 1.42. The van der Waals surface area contributed by atoms with E-state index in [1.165, 1.54) is 23.1 Å². The zero-order valence-corrected chi connectivity index (χ0v) is 13.3. The Bertz CT molecular complexity index is 821. The van der Waals surface area contributed by atoms with Gasteiger partial charge in [-0.05, 0) is 18.2 Å². The quantitative estimate of drug-likeness (QED) is 0.832. The van der Waals surface area contributed by atoms with Crippen LogP contribution >= 0.6 is 0 Å². The molecular weight excluding hydrogens is 335 g/mol. The summed E-state index contributed by atoms with van der Waals surface area (Å²) < 4.78 is 46.3. The zero-order chi connectivity index (χ0) is 17.6. The molecule has 0 radical (unpaired) electrons. The molecule has 8 heteroatoms. The van der Waals surface area contributed by atoms with Crippen molar-refractivity contribution in [2.75, 3.05) is 13.1 Å². The molecule has 2 aromatic rings. The largest absolute Gasteiger partial charge is 0.487 e. The molecule has 2 aliphatic rings. The topological polar surface area (TPSA) is 47.4 Å². The standard InChI is InChI=1S/C17H16F3N3O2/c18-12-2-1-3-14(6-12)25-10-13-7-15-16(24)22(4-5-23(15)21-13)9-11-8-17(11,19)20/h1-3,6-7,11H,4-5,8-10H2.